The first-order chi connectivity index (χ1) is 19.0. The second kappa shape index (κ2) is 10.7. The molecule has 2 N–H and O–H groups in total. The number of hydrogen-bond acceptors (Lipinski definition) is 5. The standard InChI is InChI=1S/C32H31ClN4O2/c1-22-20-24(28-12-8-25(21-34-28)23-6-10-26(33)11-7-23)9-13-30(22)39-19-18-37-16-14-32(15-17-37)35-29-5-3-2-4-27(29)31(38)36-32/h2-13,20-21,35H,14-19H2,1H3,(H,36,38). The molecule has 39 heavy (non-hydrogen) atoms. The van der Waals surface area contributed by atoms with E-state index in [1.807, 2.05) is 66.9 Å². The van der Waals surface area contributed by atoms with Gasteiger partial charge in [-0.25, -0.2) is 0 Å². The van der Waals surface area contributed by atoms with Crippen LogP contribution in [0.3, 0.4) is 0 Å². The summed E-state index contributed by atoms with van der Waals surface area (Å²) in [5, 5.41) is 7.52. The van der Waals surface area contributed by atoms with E-state index in [0.29, 0.717) is 12.2 Å². The molecule has 0 atom stereocenters. The van der Waals surface area contributed by atoms with Crippen LogP contribution in [0.25, 0.3) is 22.4 Å². The number of para-hydroxylation sites is 1. The molecular formula is C32H31ClN4O2. The molecular weight excluding hydrogens is 508 g/mol. The van der Waals surface area contributed by atoms with E-state index in [2.05, 4.69) is 45.6 Å². The molecule has 0 radical (unpaired) electrons. The van der Waals surface area contributed by atoms with E-state index < -0.39 is 0 Å². The molecule has 6 nitrogen and oxygen atoms in total. The number of rotatable bonds is 6. The molecule has 1 spiro atoms. The highest BCUT2D eigenvalue weighted by atomic mass is 35.5. The van der Waals surface area contributed by atoms with Gasteiger partial charge in [-0.3, -0.25) is 14.7 Å². The van der Waals surface area contributed by atoms with E-state index in [9.17, 15) is 4.79 Å². The van der Waals surface area contributed by atoms with E-state index in [4.69, 9.17) is 16.3 Å². The van der Waals surface area contributed by atoms with E-state index >= 15 is 0 Å². The number of carbonyl (C=O) groups is 1. The smallest absolute Gasteiger partial charge is 0.255 e. The fourth-order valence-electron chi connectivity index (χ4n) is 5.41. The molecule has 0 saturated carbocycles. The van der Waals surface area contributed by atoms with Gasteiger partial charge in [0.25, 0.3) is 5.91 Å². The van der Waals surface area contributed by atoms with Crippen LogP contribution in [0, 0.1) is 6.92 Å². The van der Waals surface area contributed by atoms with Crippen molar-refractivity contribution in [2.75, 3.05) is 31.6 Å². The van der Waals surface area contributed by atoms with Gasteiger partial charge >= 0.3 is 0 Å². The van der Waals surface area contributed by atoms with Gasteiger partial charge in [0, 0.05) is 60.5 Å². The SMILES string of the molecule is Cc1cc(-c2ccc(-c3ccc(Cl)cc3)cn2)ccc1OCCN1CCC2(CC1)NC(=O)c1ccccc1N2. The van der Waals surface area contributed by atoms with Crippen LogP contribution in [0.5, 0.6) is 5.75 Å². The summed E-state index contributed by atoms with van der Waals surface area (Å²) >= 11 is 6.01. The van der Waals surface area contributed by atoms with Crippen molar-refractivity contribution in [2.24, 2.45) is 0 Å². The molecule has 3 heterocycles. The van der Waals surface area contributed by atoms with Crippen LogP contribution in [0.15, 0.2) is 85.1 Å². The molecule has 198 valence electrons. The van der Waals surface area contributed by atoms with Crippen molar-refractivity contribution in [2.45, 2.75) is 25.4 Å². The summed E-state index contributed by atoms with van der Waals surface area (Å²) in [4.78, 5) is 19.7. The van der Waals surface area contributed by atoms with Crippen molar-refractivity contribution in [3.63, 3.8) is 0 Å². The van der Waals surface area contributed by atoms with Gasteiger partial charge in [0.15, 0.2) is 0 Å². The second-order valence-electron chi connectivity index (χ2n) is 10.3. The quantitative estimate of drug-likeness (QED) is 0.297. The van der Waals surface area contributed by atoms with Crippen LogP contribution >= 0.6 is 11.6 Å². The Morgan fingerprint density at radius 1 is 0.923 bits per heavy atom. The summed E-state index contributed by atoms with van der Waals surface area (Å²) in [6.45, 7) is 5.32. The summed E-state index contributed by atoms with van der Waals surface area (Å²) in [6, 6.07) is 25.8. The number of anilines is 1. The predicted octanol–water partition coefficient (Wildman–Crippen LogP) is 6.40. The molecule has 0 bridgehead atoms. The topological polar surface area (TPSA) is 66.5 Å². The molecule has 1 fully saturated rings. The maximum atomic E-state index is 12.6. The van der Waals surface area contributed by atoms with E-state index in [1.54, 1.807) is 0 Å². The number of nitrogens with zero attached hydrogens (tertiary/aromatic N) is 2. The van der Waals surface area contributed by atoms with Crippen molar-refractivity contribution >= 4 is 23.2 Å². The van der Waals surface area contributed by atoms with Gasteiger partial charge in [0.2, 0.25) is 0 Å². The van der Waals surface area contributed by atoms with Crippen molar-refractivity contribution in [3.05, 3.63) is 101 Å². The van der Waals surface area contributed by atoms with Crippen molar-refractivity contribution < 1.29 is 9.53 Å². The molecule has 7 heteroatoms. The van der Waals surface area contributed by atoms with Gasteiger partial charge in [0.1, 0.15) is 18.0 Å². The number of likely N-dealkylation sites (tertiary alicyclic amines) is 1. The van der Waals surface area contributed by atoms with E-state index in [-0.39, 0.29) is 11.6 Å². The number of nitrogens with one attached hydrogen (secondary N) is 2. The first kappa shape index (κ1) is 25.4. The van der Waals surface area contributed by atoms with Gasteiger partial charge in [-0.15, -0.1) is 0 Å². The highest BCUT2D eigenvalue weighted by molar-refractivity contribution is 6.30. The Hall–Kier alpha value is -3.87. The molecule has 0 unspecified atom stereocenters. The van der Waals surface area contributed by atoms with Crippen LogP contribution < -0.4 is 15.4 Å². The third-order valence-corrected chi connectivity index (χ3v) is 7.94. The number of benzene rings is 3. The van der Waals surface area contributed by atoms with Gasteiger partial charge in [0.05, 0.1) is 11.3 Å². The summed E-state index contributed by atoms with van der Waals surface area (Å²) < 4.78 is 6.16. The number of aromatic nitrogens is 1. The molecule has 2 aliphatic heterocycles. The van der Waals surface area contributed by atoms with Gasteiger partial charge in [-0.1, -0.05) is 41.9 Å². The number of amides is 1. The molecule has 6 rings (SSSR count). The fourth-order valence-corrected chi connectivity index (χ4v) is 5.53. The van der Waals surface area contributed by atoms with Gasteiger partial charge in [-0.2, -0.15) is 0 Å². The Balaban J connectivity index is 1.01. The minimum atomic E-state index is -0.365. The Morgan fingerprint density at radius 2 is 1.67 bits per heavy atom. The number of carbonyl (C=O) groups excluding carboxylic acids is 1. The first-order valence-electron chi connectivity index (χ1n) is 13.4. The molecule has 1 amide bonds. The largest absolute Gasteiger partial charge is 0.492 e. The Bertz CT molecular complexity index is 1480. The third-order valence-electron chi connectivity index (χ3n) is 7.68. The summed E-state index contributed by atoms with van der Waals surface area (Å²) in [6.07, 6.45) is 3.60. The Kier molecular flexibility index (Phi) is 6.98. The van der Waals surface area contributed by atoms with Gasteiger partial charge in [-0.05, 0) is 66.6 Å². The maximum absolute atomic E-state index is 12.6. The Morgan fingerprint density at radius 3 is 2.41 bits per heavy atom. The number of fused-ring (bicyclic) bond motifs is 1. The molecule has 2 aliphatic rings. The van der Waals surface area contributed by atoms with Crippen LogP contribution in [-0.2, 0) is 0 Å². The molecule has 3 aromatic carbocycles. The Labute approximate surface area is 234 Å². The monoisotopic (exact) mass is 538 g/mol. The van der Waals surface area contributed by atoms with Gasteiger partial charge < -0.3 is 15.4 Å². The summed E-state index contributed by atoms with van der Waals surface area (Å²) in [5.41, 5.74) is 6.49. The molecule has 1 aromatic heterocycles. The first-order valence-corrected chi connectivity index (χ1v) is 13.7. The number of pyridine rings is 1. The van der Waals surface area contributed by atoms with Crippen molar-refractivity contribution in [3.8, 4) is 28.1 Å². The minimum Gasteiger partial charge on any atom is -0.492 e. The minimum absolute atomic E-state index is 0.00718. The highest BCUT2D eigenvalue weighted by Gasteiger charge is 2.39. The lowest BCUT2D eigenvalue weighted by molar-refractivity contribution is 0.0813. The molecule has 0 aliphatic carbocycles. The normalized spacial score (nSPS) is 16.3. The van der Waals surface area contributed by atoms with Crippen LogP contribution in [0.1, 0.15) is 28.8 Å². The second-order valence-corrected chi connectivity index (χ2v) is 10.8. The lowest BCUT2D eigenvalue weighted by Gasteiger charge is -2.45. The highest BCUT2D eigenvalue weighted by Crippen LogP contribution is 2.31. The molecule has 1 saturated heterocycles. The zero-order valence-corrected chi connectivity index (χ0v) is 22.7. The zero-order valence-electron chi connectivity index (χ0n) is 21.9. The van der Waals surface area contributed by atoms with Crippen molar-refractivity contribution in [1.29, 1.82) is 0 Å². The van der Waals surface area contributed by atoms with Crippen LogP contribution in [0.4, 0.5) is 5.69 Å². The average molecular weight is 539 g/mol. The number of hydrogen-bond donors (Lipinski definition) is 2. The number of piperidine rings is 1. The summed E-state index contributed by atoms with van der Waals surface area (Å²) in [5.74, 6) is 0.899. The van der Waals surface area contributed by atoms with E-state index in [0.717, 1.165) is 76.9 Å². The maximum Gasteiger partial charge on any atom is 0.255 e. The average Bonchev–Trinajstić information content (AvgIpc) is 2.96. The molecule has 4 aromatic rings. The van der Waals surface area contributed by atoms with E-state index in [1.165, 1.54) is 0 Å². The summed E-state index contributed by atoms with van der Waals surface area (Å²) in [7, 11) is 0. The van der Waals surface area contributed by atoms with Crippen LogP contribution in [0.2, 0.25) is 5.02 Å². The lowest BCUT2D eigenvalue weighted by Crippen LogP contribution is -2.62. The number of halogens is 1. The lowest BCUT2D eigenvalue weighted by atomic mass is 9.92. The number of ether oxygens (including phenoxy) is 1. The van der Waals surface area contributed by atoms with Crippen LogP contribution in [-0.4, -0.2) is 47.7 Å². The van der Waals surface area contributed by atoms with Crippen molar-refractivity contribution in [1.82, 2.24) is 15.2 Å². The fraction of sp³-hybridized carbons (Fsp3) is 0.250. The predicted molar refractivity (Wildman–Crippen MR) is 156 cm³/mol. The third kappa shape index (κ3) is 5.49. The number of aryl methyl sites for hydroxylation is 1. The zero-order chi connectivity index (χ0) is 26.8.